The minimum Gasteiger partial charge on any atom is -0.493 e. The Labute approximate surface area is 214 Å². The lowest BCUT2D eigenvalue weighted by molar-refractivity contribution is -0.121. The first-order valence-electron chi connectivity index (χ1n) is 11.9. The highest BCUT2D eigenvalue weighted by Crippen LogP contribution is 2.30. The predicted octanol–water partition coefficient (Wildman–Crippen LogP) is 4.07. The van der Waals surface area contributed by atoms with E-state index in [2.05, 4.69) is 17.4 Å². The van der Waals surface area contributed by atoms with Crippen molar-refractivity contribution in [2.24, 2.45) is 0 Å². The van der Waals surface area contributed by atoms with Gasteiger partial charge in [-0.05, 0) is 49.4 Å². The average Bonchev–Trinajstić information content (AvgIpc) is 2.90. The van der Waals surface area contributed by atoms with Gasteiger partial charge in [-0.2, -0.15) is 4.31 Å². The maximum Gasteiger partial charge on any atom is 0.243 e. The van der Waals surface area contributed by atoms with Gasteiger partial charge in [-0.25, -0.2) is 8.42 Å². The normalized spacial score (nSPS) is 12.2. The molecule has 0 radical (unpaired) electrons. The third-order valence-electron chi connectivity index (χ3n) is 5.92. The number of methoxy groups -OCH3 is 2. The summed E-state index contributed by atoms with van der Waals surface area (Å²) >= 11 is 0. The molecule has 1 amide bonds. The van der Waals surface area contributed by atoms with Crippen LogP contribution in [-0.4, -0.2) is 52.0 Å². The number of nitrogens with zero attached hydrogens (tertiary/aromatic N) is 1. The summed E-state index contributed by atoms with van der Waals surface area (Å²) in [6.07, 6.45) is 2.05. The molecule has 0 bridgehead atoms. The fourth-order valence-electron chi connectivity index (χ4n) is 3.89. The van der Waals surface area contributed by atoms with E-state index in [1.54, 1.807) is 6.07 Å². The molecule has 3 aromatic rings. The van der Waals surface area contributed by atoms with Crippen LogP contribution in [-0.2, 0) is 27.7 Å². The number of aryl methyl sites for hydroxylation is 1. The van der Waals surface area contributed by atoms with Gasteiger partial charge in [0.15, 0.2) is 11.5 Å². The zero-order valence-electron chi connectivity index (χ0n) is 21.0. The summed E-state index contributed by atoms with van der Waals surface area (Å²) in [6.45, 7) is 1.81. The summed E-state index contributed by atoms with van der Waals surface area (Å²) in [4.78, 5) is 13.0. The first-order chi connectivity index (χ1) is 17.3. The van der Waals surface area contributed by atoms with Crippen LogP contribution in [0.2, 0.25) is 0 Å². The van der Waals surface area contributed by atoms with Gasteiger partial charge in [0.1, 0.15) is 0 Å². The molecule has 0 unspecified atom stereocenters. The standard InChI is InChI=1S/C28H34N2O5S/c1-22(14-15-23-10-6-4-7-11-23)29-28(31)21-30(19-18-24-12-8-5-9-13-24)36(32,33)25-16-17-26(34-2)27(20-25)35-3/h4-13,16-17,20,22H,14-15,18-19,21H2,1-3H3,(H,29,31)/t22-/m0/s1. The number of carbonyl (C=O) groups is 1. The van der Waals surface area contributed by atoms with Gasteiger partial charge in [0.05, 0.1) is 25.7 Å². The minimum atomic E-state index is -3.98. The van der Waals surface area contributed by atoms with Crippen molar-refractivity contribution in [2.75, 3.05) is 27.3 Å². The second-order valence-electron chi connectivity index (χ2n) is 8.58. The Morgan fingerprint density at radius 1 is 0.861 bits per heavy atom. The number of sulfonamides is 1. The fraction of sp³-hybridized carbons (Fsp3) is 0.321. The second-order valence-corrected chi connectivity index (χ2v) is 10.5. The van der Waals surface area contributed by atoms with Gasteiger partial charge >= 0.3 is 0 Å². The molecule has 192 valence electrons. The van der Waals surface area contributed by atoms with E-state index >= 15 is 0 Å². The third-order valence-corrected chi connectivity index (χ3v) is 7.76. The zero-order chi connectivity index (χ0) is 26.0. The molecular weight excluding hydrogens is 476 g/mol. The highest BCUT2D eigenvalue weighted by molar-refractivity contribution is 7.89. The summed E-state index contributed by atoms with van der Waals surface area (Å²) in [6, 6.07) is 24.0. The number of ether oxygens (including phenoxy) is 2. The molecule has 8 heteroatoms. The summed E-state index contributed by atoms with van der Waals surface area (Å²) in [5.41, 5.74) is 2.18. The van der Waals surface area contributed by atoms with E-state index in [0.717, 1.165) is 18.4 Å². The van der Waals surface area contributed by atoms with Gasteiger partial charge in [-0.3, -0.25) is 4.79 Å². The Morgan fingerprint density at radius 3 is 2.03 bits per heavy atom. The number of benzene rings is 3. The van der Waals surface area contributed by atoms with Crippen molar-refractivity contribution in [1.29, 1.82) is 0 Å². The molecule has 0 aliphatic carbocycles. The predicted molar refractivity (Wildman–Crippen MR) is 141 cm³/mol. The van der Waals surface area contributed by atoms with E-state index in [1.807, 2.05) is 55.5 Å². The molecule has 0 aliphatic heterocycles. The second kappa shape index (κ2) is 13.1. The zero-order valence-corrected chi connectivity index (χ0v) is 21.8. The van der Waals surface area contributed by atoms with Crippen LogP contribution in [0.15, 0.2) is 83.8 Å². The molecule has 0 saturated heterocycles. The molecule has 3 rings (SSSR count). The summed E-state index contributed by atoms with van der Waals surface area (Å²) in [5.74, 6) is 0.394. The molecule has 0 aromatic heterocycles. The van der Waals surface area contributed by atoms with Crippen molar-refractivity contribution < 1.29 is 22.7 Å². The van der Waals surface area contributed by atoms with Crippen molar-refractivity contribution in [3.05, 3.63) is 90.0 Å². The SMILES string of the molecule is COc1ccc(S(=O)(=O)N(CCc2ccccc2)CC(=O)N[C@@H](C)CCc2ccccc2)cc1OC. The Bertz CT molecular complexity index is 1220. The van der Waals surface area contributed by atoms with E-state index in [9.17, 15) is 13.2 Å². The lowest BCUT2D eigenvalue weighted by Crippen LogP contribution is -2.44. The number of carbonyl (C=O) groups excluding carboxylic acids is 1. The van der Waals surface area contributed by atoms with E-state index in [-0.39, 0.29) is 29.9 Å². The number of hydrogen-bond acceptors (Lipinski definition) is 5. The highest BCUT2D eigenvalue weighted by Gasteiger charge is 2.28. The Hall–Kier alpha value is -3.36. The van der Waals surface area contributed by atoms with Gasteiger partial charge < -0.3 is 14.8 Å². The minimum absolute atomic E-state index is 0.0399. The lowest BCUT2D eigenvalue weighted by atomic mass is 10.1. The van der Waals surface area contributed by atoms with Crippen LogP contribution in [0.1, 0.15) is 24.5 Å². The van der Waals surface area contributed by atoms with E-state index in [0.29, 0.717) is 17.9 Å². The molecular formula is C28H34N2O5S. The Kier molecular flexibility index (Phi) is 9.90. The van der Waals surface area contributed by atoms with E-state index in [1.165, 1.54) is 36.2 Å². The van der Waals surface area contributed by atoms with Crippen LogP contribution in [0.4, 0.5) is 0 Å². The first-order valence-corrected chi connectivity index (χ1v) is 13.4. The van der Waals surface area contributed by atoms with Crippen molar-refractivity contribution >= 4 is 15.9 Å². The van der Waals surface area contributed by atoms with E-state index < -0.39 is 10.0 Å². The van der Waals surface area contributed by atoms with Crippen molar-refractivity contribution in [2.45, 2.75) is 37.1 Å². The van der Waals surface area contributed by atoms with Gasteiger partial charge in [-0.15, -0.1) is 0 Å². The van der Waals surface area contributed by atoms with Crippen LogP contribution >= 0.6 is 0 Å². The van der Waals surface area contributed by atoms with E-state index in [4.69, 9.17) is 9.47 Å². The lowest BCUT2D eigenvalue weighted by Gasteiger charge is -2.23. The van der Waals surface area contributed by atoms with Gasteiger partial charge in [0, 0.05) is 18.7 Å². The van der Waals surface area contributed by atoms with Crippen LogP contribution in [0.25, 0.3) is 0 Å². The molecule has 7 nitrogen and oxygen atoms in total. The van der Waals surface area contributed by atoms with Crippen LogP contribution in [0.5, 0.6) is 11.5 Å². The monoisotopic (exact) mass is 510 g/mol. The van der Waals surface area contributed by atoms with Gasteiger partial charge in [0.25, 0.3) is 0 Å². The smallest absolute Gasteiger partial charge is 0.243 e. The highest BCUT2D eigenvalue weighted by atomic mass is 32.2. The maximum absolute atomic E-state index is 13.6. The summed E-state index contributed by atoms with van der Waals surface area (Å²) in [5, 5.41) is 2.95. The average molecular weight is 511 g/mol. The van der Waals surface area contributed by atoms with Crippen LogP contribution < -0.4 is 14.8 Å². The molecule has 0 fully saturated rings. The van der Waals surface area contributed by atoms with Gasteiger partial charge in [-0.1, -0.05) is 60.7 Å². The molecule has 1 atom stereocenters. The number of nitrogens with one attached hydrogen (secondary N) is 1. The topological polar surface area (TPSA) is 84.9 Å². The molecule has 0 aliphatic rings. The third kappa shape index (κ3) is 7.57. The van der Waals surface area contributed by atoms with Crippen LogP contribution in [0, 0.1) is 0 Å². The summed E-state index contributed by atoms with van der Waals surface area (Å²) < 4.78 is 39.0. The molecule has 0 heterocycles. The molecule has 0 spiro atoms. The number of hydrogen-bond donors (Lipinski definition) is 1. The van der Waals surface area contributed by atoms with Crippen LogP contribution in [0.3, 0.4) is 0 Å². The quantitative estimate of drug-likeness (QED) is 0.375. The van der Waals surface area contributed by atoms with Crippen molar-refractivity contribution in [3.63, 3.8) is 0 Å². The summed E-state index contributed by atoms with van der Waals surface area (Å²) in [7, 11) is -1.04. The Morgan fingerprint density at radius 2 is 1.44 bits per heavy atom. The van der Waals surface area contributed by atoms with Crippen molar-refractivity contribution in [3.8, 4) is 11.5 Å². The Balaban J connectivity index is 1.74. The number of rotatable bonds is 13. The fourth-order valence-corrected chi connectivity index (χ4v) is 5.30. The van der Waals surface area contributed by atoms with Crippen molar-refractivity contribution in [1.82, 2.24) is 9.62 Å². The molecule has 0 saturated carbocycles. The molecule has 1 N–H and O–H groups in total. The number of amides is 1. The van der Waals surface area contributed by atoms with Gasteiger partial charge in [0.2, 0.25) is 15.9 Å². The molecule has 36 heavy (non-hydrogen) atoms. The molecule has 3 aromatic carbocycles. The maximum atomic E-state index is 13.6. The largest absolute Gasteiger partial charge is 0.493 e. The first kappa shape index (κ1) is 27.2.